The third kappa shape index (κ3) is 3.98. The maximum absolute atomic E-state index is 11.8. The zero-order valence-corrected chi connectivity index (χ0v) is 12.5. The molecular weight excluding hydrogens is 328 g/mol. The van der Waals surface area contributed by atoms with Crippen molar-refractivity contribution in [3.8, 4) is 0 Å². The van der Waals surface area contributed by atoms with Crippen LogP contribution in [0.2, 0.25) is 5.02 Å². The fraction of sp³-hybridized carbons (Fsp3) is 0.0714. The van der Waals surface area contributed by atoms with E-state index in [2.05, 4.69) is 26.6 Å². The molecule has 0 spiro atoms. The smallest absolute Gasteiger partial charge is 0.308 e. The molecule has 0 aliphatic heterocycles. The van der Waals surface area contributed by atoms with Gasteiger partial charge < -0.3 is 10.6 Å². The van der Waals surface area contributed by atoms with E-state index in [9.17, 15) is 4.79 Å². The summed E-state index contributed by atoms with van der Waals surface area (Å²) in [5.74, 6) is 0. The Balaban J connectivity index is 2.03. The third-order valence-electron chi connectivity index (χ3n) is 2.50. The molecule has 0 atom stereocenters. The molecule has 0 saturated carbocycles. The Hall–Kier alpha value is -1.52. The summed E-state index contributed by atoms with van der Waals surface area (Å²) < 4.78 is 1.01. The monoisotopic (exact) mass is 338 g/mol. The molecule has 0 aliphatic rings. The fourth-order valence-electron chi connectivity index (χ4n) is 1.58. The van der Waals surface area contributed by atoms with Gasteiger partial charge in [-0.3, -0.25) is 0 Å². The van der Waals surface area contributed by atoms with Crippen molar-refractivity contribution >= 4 is 44.9 Å². The predicted octanol–water partition coefficient (Wildman–Crippen LogP) is 5.05. The van der Waals surface area contributed by atoms with Crippen LogP contribution in [0.4, 0.5) is 16.2 Å². The maximum atomic E-state index is 11.8. The van der Waals surface area contributed by atoms with Gasteiger partial charge in [0.05, 0.1) is 0 Å². The van der Waals surface area contributed by atoms with Gasteiger partial charge in [-0.15, -0.1) is 0 Å². The highest BCUT2D eigenvalue weighted by Gasteiger charge is 2.04. The second-order valence-corrected chi connectivity index (χ2v) is 5.34. The second kappa shape index (κ2) is 6.08. The molecule has 2 aromatic carbocycles. The molecule has 2 N–H and O–H groups in total. The molecule has 0 fully saturated rings. The Labute approximate surface area is 125 Å². The summed E-state index contributed by atoms with van der Waals surface area (Å²) in [6.07, 6.45) is 0. The van der Waals surface area contributed by atoms with Crippen LogP contribution >= 0.6 is 27.5 Å². The molecule has 0 aliphatic carbocycles. The molecule has 0 heterocycles. The fourth-order valence-corrected chi connectivity index (χ4v) is 2.02. The van der Waals surface area contributed by atoms with Gasteiger partial charge in [-0.05, 0) is 48.9 Å². The number of nitrogens with one attached hydrogen (secondary N) is 2. The molecule has 19 heavy (non-hydrogen) atoms. The average Bonchev–Trinajstić information content (AvgIpc) is 2.34. The first-order chi connectivity index (χ1) is 9.04. The number of hydrogen-bond acceptors (Lipinski definition) is 1. The maximum Gasteiger partial charge on any atom is 0.323 e. The van der Waals surface area contributed by atoms with Crippen molar-refractivity contribution in [1.82, 2.24) is 0 Å². The first-order valence-corrected chi connectivity index (χ1v) is 6.81. The van der Waals surface area contributed by atoms with Crippen molar-refractivity contribution in [2.24, 2.45) is 0 Å². The van der Waals surface area contributed by atoms with Gasteiger partial charge in [-0.1, -0.05) is 33.6 Å². The van der Waals surface area contributed by atoms with Crippen molar-refractivity contribution in [2.75, 3.05) is 10.6 Å². The van der Waals surface area contributed by atoms with Gasteiger partial charge >= 0.3 is 6.03 Å². The lowest BCUT2D eigenvalue weighted by Gasteiger charge is -2.09. The highest BCUT2D eigenvalue weighted by molar-refractivity contribution is 9.10. The van der Waals surface area contributed by atoms with E-state index in [4.69, 9.17) is 11.6 Å². The number of carbonyl (C=O) groups is 1. The van der Waals surface area contributed by atoms with Gasteiger partial charge in [0.2, 0.25) is 0 Å². The molecule has 2 rings (SSSR count). The molecule has 0 radical (unpaired) electrons. The molecule has 0 saturated heterocycles. The third-order valence-corrected chi connectivity index (χ3v) is 3.62. The molecule has 0 bridgehead atoms. The minimum absolute atomic E-state index is 0.302. The van der Waals surface area contributed by atoms with Gasteiger partial charge in [-0.2, -0.15) is 0 Å². The predicted molar refractivity (Wildman–Crippen MR) is 83.0 cm³/mol. The summed E-state index contributed by atoms with van der Waals surface area (Å²) in [5, 5.41) is 6.06. The first kappa shape index (κ1) is 13.9. The Morgan fingerprint density at radius 3 is 2.42 bits per heavy atom. The van der Waals surface area contributed by atoms with E-state index < -0.39 is 0 Å². The molecule has 5 heteroatoms. The lowest BCUT2D eigenvalue weighted by atomic mass is 10.2. The quantitative estimate of drug-likeness (QED) is 0.789. The Kier molecular flexibility index (Phi) is 4.45. The Morgan fingerprint density at radius 1 is 1.11 bits per heavy atom. The van der Waals surface area contributed by atoms with Crippen LogP contribution in [0.25, 0.3) is 0 Å². The van der Waals surface area contributed by atoms with Crippen LogP contribution in [0.15, 0.2) is 46.9 Å². The van der Waals surface area contributed by atoms with Crippen LogP contribution in [-0.2, 0) is 0 Å². The number of hydrogen-bond donors (Lipinski definition) is 2. The van der Waals surface area contributed by atoms with E-state index in [1.54, 1.807) is 24.3 Å². The molecule has 98 valence electrons. The van der Waals surface area contributed by atoms with E-state index in [0.717, 1.165) is 15.7 Å². The van der Waals surface area contributed by atoms with Crippen LogP contribution in [0, 0.1) is 6.92 Å². The van der Waals surface area contributed by atoms with Gasteiger partial charge in [0.15, 0.2) is 0 Å². The van der Waals surface area contributed by atoms with Gasteiger partial charge in [-0.25, -0.2) is 4.79 Å². The molecule has 0 aromatic heterocycles. The van der Waals surface area contributed by atoms with E-state index in [1.807, 2.05) is 25.1 Å². The van der Waals surface area contributed by atoms with Crippen LogP contribution in [0.5, 0.6) is 0 Å². The lowest BCUT2D eigenvalue weighted by Crippen LogP contribution is -2.19. The van der Waals surface area contributed by atoms with E-state index in [0.29, 0.717) is 10.7 Å². The van der Waals surface area contributed by atoms with Crippen LogP contribution < -0.4 is 10.6 Å². The average molecular weight is 340 g/mol. The molecular formula is C14H12BrClN2O. The first-order valence-electron chi connectivity index (χ1n) is 5.64. The zero-order valence-electron chi connectivity index (χ0n) is 10.2. The largest absolute Gasteiger partial charge is 0.323 e. The number of rotatable bonds is 2. The normalized spacial score (nSPS) is 10.1. The Bertz CT molecular complexity index is 616. The highest BCUT2D eigenvalue weighted by Crippen LogP contribution is 2.20. The summed E-state index contributed by atoms with van der Waals surface area (Å²) in [5.41, 5.74) is 2.44. The van der Waals surface area contributed by atoms with Gasteiger partial charge in [0, 0.05) is 20.9 Å². The minimum Gasteiger partial charge on any atom is -0.308 e. The van der Waals surface area contributed by atoms with E-state index in [1.165, 1.54) is 0 Å². The molecule has 2 aromatic rings. The number of urea groups is 1. The lowest BCUT2D eigenvalue weighted by molar-refractivity contribution is 0.262. The van der Waals surface area contributed by atoms with E-state index in [-0.39, 0.29) is 6.03 Å². The second-order valence-electron chi connectivity index (χ2n) is 4.05. The summed E-state index contributed by atoms with van der Waals surface area (Å²) in [4.78, 5) is 11.8. The standard InChI is InChI=1S/C14H12BrClN2O/c1-9-7-12(5-6-13(9)15)18-14(19)17-11-4-2-3-10(16)8-11/h2-8H,1H3,(H2,17,18,19). The topological polar surface area (TPSA) is 41.1 Å². The summed E-state index contributed by atoms with van der Waals surface area (Å²) in [6, 6.07) is 12.3. The van der Waals surface area contributed by atoms with Crippen molar-refractivity contribution in [1.29, 1.82) is 0 Å². The summed E-state index contributed by atoms with van der Waals surface area (Å²) >= 11 is 9.26. The number of anilines is 2. The molecule has 3 nitrogen and oxygen atoms in total. The number of amides is 2. The Morgan fingerprint density at radius 2 is 1.79 bits per heavy atom. The minimum atomic E-state index is -0.302. The zero-order chi connectivity index (χ0) is 13.8. The summed E-state index contributed by atoms with van der Waals surface area (Å²) in [7, 11) is 0. The van der Waals surface area contributed by atoms with Crippen molar-refractivity contribution in [3.05, 3.63) is 57.5 Å². The summed E-state index contributed by atoms with van der Waals surface area (Å²) in [6.45, 7) is 1.96. The SMILES string of the molecule is Cc1cc(NC(=O)Nc2cccc(Cl)c2)ccc1Br. The van der Waals surface area contributed by atoms with E-state index >= 15 is 0 Å². The molecule has 0 unspecified atom stereocenters. The van der Waals surface area contributed by atoms with Crippen LogP contribution in [-0.4, -0.2) is 6.03 Å². The van der Waals surface area contributed by atoms with Crippen LogP contribution in [0.3, 0.4) is 0 Å². The van der Waals surface area contributed by atoms with Gasteiger partial charge in [0.25, 0.3) is 0 Å². The number of halogens is 2. The highest BCUT2D eigenvalue weighted by atomic mass is 79.9. The van der Waals surface area contributed by atoms with Crippen molar-refractivity contribution in [3.63, 3.8) is 0 Å². The number of benzene rings is 2. The van der Waals surface area contributed by atoms with Crippen molar-refractivity contribution < 1.29 is 4.79 Å². The molecule has 2 amide bonds. The number of carbonyl (C=O) groups excluding carboxylic acids is 1. The van der Waals surface area contributed by atoms with Gasteiger partial charge in [0.1, 0.15) is 0 Å². The van der Waals surface area contributed by atoms with Crippen LogP contribution in [0.1, 0.15) is 5.56 Å². The number of aryl methyl sites for hydroxylation is 1. The van der Waals surface area contributed by atoms with Crippen molar-refractivity contribution in [2.45, 2.75) is 6.92 Å².